The molecule has 0 radical (unpaired) electrons. The van der Waals surface area contributed by atoms with E-state index < -0.39 is 17.4 Å². The lowest BCUT2D eigenvalue weighted by molar-refractivity contribution is -0.170. The van der Waals surface area contributed by atoms with Gasteiger partial charge in [0.25, 0.3) is 0 Å². The Morgan fingerprint density at radius 2 is 1.86 bits per heavy atom. The van der Waals surface area contributed by atoms with Crippen molar-refractivity contribution in [1.29, 1.82) is 0 Å². The Morgan fingerprint density at radius 1 is 1.29 bits per heavy atom. The number of carbonyl (C=O) groups excluding carboxylic acids is 2. The summed E-state index contributed by atoms with van der Waals surface area (Å²) >= 11 is 0. The molecule has 0 aliphatic rings. The van der Waals surface area contributed by atoms with Gasteiger partial charge in [0, 0.05) is 0 Å². The van der Waals surface area contributed by atoms with Gasteiger partial charge in [0.2, 0.25) is 0 Å². The minimum Gasteiger partial charge on any atom is -0.465 e. The molecule has 0 unspecified atom stereocenters. The lowest BCUT2D eigenvalue weighted by atomic mass is 9.94. The fourth-order valence-electron chi connectivity index (χ4n) is 0.720. The van der Waals surface area contributed by atoms with Crippen LogP contribution in [0.4, 0.5) is 0 Å². The van der Waals surface area contributed by atoms with Gasteiger partial charge < -0.3 is 9.57 Å². The molecule has 5 nitrogen and oxygen atoms in total. The molecular weight excluding hydrogens is 186 g/mol. The molecule has 0 bridgehead atoms. The van der Waals surface area contributed by atoms with Crippen LogP contribution in [0, 0.1) is 5.41 Å². The summed E-state index contributed by atoms with van der Waals surface area (Å²) in [7, 11) is 0. The molecule has 0 aromatic carbocycles. The number of carbonyl (C=O) groups is 2. The van der Waals surface area contributed by atoms with Crippen LogP contribution in [0.2, 0.25) is 0 Å². The van der Waals surface area contributed by atoms with Gasteiger partial charge in [-0.05, 0) is 20.3 Å². The third-order valence-electron chi connectivity index (χ3n) is 1.86. The van der Waals surface area contributed by atoms with Gasteiger partial charge in [0.15, 0.2) is 5.41 Å². The van der Waals surface area contributed by atoms with Gasteiger partial charge in [-0.15, -0.1) is 0 Å². The maximum Gasteiger partial charge on any atom is 0.341 e. The number of rotatable bonds is 5. The van der Waals surface area contributed by atoms with Crippen LogP contribution in [0.1, 0.15) is 33.6 Å². The van der Waals surface area contributed by atoms with Gasteiger partial charge in [-0.1, -0.05) is 13.3 Å². The van der Waals surface area contributed by atoms with Crippen molar-refractivity contribution >= 4 is 11.9 Å². The molecule has 0 amide bonds. The molecule has 0 saturated carbocycles. The van der Waals surface area contributed by atoms with E-state index in [1.807, 2.05) is 6.92 Å². The monoisotopic (exact) mass is 203 g/mol. The molecule has 0 heterocycles. The van der Waals surface area contributed by atoms with Crippen LogP contribution in [-0.2, 0) is 19.2 Å². The minimum absolute atomic E-state index is 0.316. The fraction of sp³-hybridized carbons (Fsp3) is 0.778. The van der Waals surface area contributed by atoms with Crippen LogP contribution in [0.3, 0.4) is 0 Å². The normalized spacial score (nSPS) is 10.9. The molecule has 0 atom stereocenters. The van der Waals surface area contributed by atoms with Gasteiger partial charge in [-0.3, -0.25) is 4.79 Å². The lowest BCUT2D eigenvalue weighted by Gasteiger charge is -2.18. The highest BCUT2D eigenvalue weighted by Gasteiger charge is 2.39. The average Bonchev–Trinajstić information content (AvgIpc) is 2.16. The first kappa shape index (κ1) is 12.9. The number of hydrogen-bond acceptors (Lipinski definition) is 5. The number of nitrogens with two attached hydrogens (primary N) is 1. The van der Waals surface area contributed by atoms with E-state index in [2.05, 4.69) is 4.84 Å². The van der Waals surface area contributed by atoms with Gasteiger partial charge in [-0.2, -0.15) is 5.90 Å². The molecule has 0 aliphatic carbocycles. The zero-order valence-electron chi connectivity index (χ0n) is 8.83. The summed E-state index contributed by atoms with van der Waals surface area (Å²) in [5.41, 5.74) is -1.33. The predicted octanol–water partition coefficient (Wildman–Crippen LogP) is 0.773. The van der Waals surface area contributed by atoms with E-state index in [0.717, 1.165) is 12.8 Å². The first-order valence-corrected chi connectivity index (χ1v) is 4.55. The van der Waals surface area contributed by atoms with Gasteiger partial charge in [0.05, 0.1) is 6.61 Å². The van der Waals surface area contributed by atoms with E-state index in [9.17, 15) is 9.59 Å². The zero-order valence-corrected chi connectivity index (χ0v) is 8.83. The SMILES string of the molecule is CCCCOC(=O)C(C)(C)C(=O)ON. The molecule has 0 rings (SSSR count). The molecule has 0 saturated heterocycles. The summed E-state index contributed by atoms with van der Waals surface area (Å²) in [5.74, 6) is 3.29. The van der Waals surface area contributed by atoms with Crippen molar-refractivity contribution in [3.8, 4) is 0 Å². The topological polar surface area (TPSA) is 78.6 Å². The Hall–Kier alpha value is -1.10. The average molecular weight is 203 g/mol. The first-order valence-electron chi connectivity index (χ1n) is 4.55. The van der Waals surface area contributed by atoms with Crippen LogP contribution >= 0.6 is 0 Å². The standard InChI is InChI=1S/C9H17NO4/c1-4-5-6-13-7(11)9(2,3)8(12)14-10/h4-6,10H2,1-3H3. The predicted molar refractivity (Wildman–Crippen MR) is 49.9 cm³/mol. The summed E-state index contributed by atoms with van der Waals surface area (Å²) in [6.45, 7) is 5.12. The van der Waals surface area contributed by atoms with E-state index in [-0.39, 0.29) is 0 Å². The third-order valence-corrected chi connectivity index (χ3v) is 1.86. The van der Waals surface area contributed by atoms with Crippen LogP contribution < -0.4 is 5.90 Å². The zero-order chi connectivity index (χ0) is 11.2. The van der Waals surface area contributed by atoms with Crippen molar-refractivity contribution in [3.05, 3.63) is 0 Å². The largest absolute Gasteiger partial charge is 0.465 e. The summed E-state index contributed by atoms with van der Waals surface area (Å²) in [6.07, 6.45) is 1.70. The quantitative estimate of drug-likeness (QED) is 0.309. The summed E-state index contributed by atoms with van der Waals surface area (Å²) < 4.78 is 4.87. The maximum atomic E-state index is 11.4. The Kier molecular flexibility index (Phi) is 5.15. The number of esters is 1. The van der Waals surface area contributed by atoms with Gasteiger partial charge in [-0.25, -0.2) is 4.79 Å². The van der Waals surface area contributed by atoms with Crippen LogP contribution in [-0.4, -0.2) is 18.5 Å². The molecule has 2 N–H and O–H groups in total. The summed E-state index contributed by atoms with van der Waals surface area (Å²) in [6, 6.07) is 0. The summed E-state index contributed by atoms with van der Waals surface area (Å²) in [5, 5.41) is 0. The second kappa shape index (κ2) is 5.59. The van der Waals surface area contributed by atoms with Crippen molar-refractivity contribution in [2.24, 2.45) is 11.3 Å². The Balaban J connectivity index is 4.15. The molecule has 0 spiro atoms. The second-order valence-corrected chi connectivity index (χ2v) is 3.52. The van der Waals surface area contributed by atoms with Crippen molar-refractivity contribution in [2.75, 3.05) is 6.61 Å². The highest BCUT2D eigenvalue weighted by molar-refractivity contribution is 5.98. The van der Waals surface area contributed by atoms with E-state index in [1.165, 1.54) is 13.8 Å². The molecule has 14 heavy (non-hydrogen) atoms. The third kappa shape index (κ3) is 3.33. The van der Waals surface area contributed by atoms with Crippen molar-refractivity contribution < 1.29 is 19.2 Å². The smallest absolute Gasteiger partial charge is 0.341 e. The van der Waals surface area contributed by atoms with Crippen LogP contribution in [0.25, 0.3) is 0 Å². The van der Waals surface area contributed by atoms with E-state index in [0.29, 0.717) is 6.61 Å². The molecule has 0 aromatic heterocycles. The Bertz CT molecular complexity index is 213. The molecular formula is C9H17NO4. The number of hydrogen-bond donors (Lipinski definition) is 1. The Morgan fingerprint density at radius 3 is 2.29 bits per heavy atom. The van der Waals surface area contributed by atoms with Gasteiger partial charge in [0.1, 0.15) is 0 Å². The van der Waals surface area contributed by atoms with Crippen molar-refractivity contribution in [3.63, 3.8) is 0 Å². The number of ether oxygens (including phenoxy) is 1. The number of unbranched alkanes of at least 4 members (excludes halogenated alkanes) is 1. The molecule has 0 fully saturated rings. The summed E-state index contributed by atoms with van der Waals surface area (Å²) in [4.78, 5) is 26.4. The molecule has 0 aliphatic heterocycles. The van der Waals surface area contributed by atoms with Gasteiger partial charge >= 0.3 is 11.9 Å². The van der Waals surface area contributed by atoms with Crippen molar-refractivity contribution in [2.45, 2.75) is 33.6 Å². The maximum absolute atomic E-state index is 11.4. The van der Waals surface area contributed by atoms with E-state index in [4.69, 9.17) is 10.6 Å². The molecule has 82 valence electrons. The van der Waals surface area contributed by atoms with Crippen LogP contribution in [0.5, 0.6) is 0 Å². The molecule has 0 aromatic rings. The fourth-order valence-corrected chi connectivity index (χ4v) is 0.720. The second-order valence-electron chi connectivity index (χ2n) is 3.52. The van der Waals surface area contributed by atoms with E-state index >= 15 is 0 Å². The highest BCUT2D eigenvalue weighted by atomic mass is 16.7. The first-order chi connectivity index (χ1) is 6.46. The molecule has 5 heteroatoms. The van der Waals surface area contributed by atoms with E-state index in [1.54, 1.807) is 0 Å². The Labute approximate surface area is 83.5 Å². The minimum atomic E-state index is -1.33. The lowest BCUT2D eigenvalue weighted by Crippen LogP contribution is -2.38. The van der Waals surface area contributed by atoms with Crippen molar-refractivity contribution in [1.82, 2.24) is 0 Å². The van der Waals surface area contributed by atoms with Crippen LogP contribution in [0.15, 0.2) is 0 Å². The highest BCUT2D eigenvalue weighted by Crippen LogP contribution is 2.18.